The van der Waals surface area contributed by atoms with Crippen molar-refractivity contribution < 1.29 is 4.79 Å². The lowest BCUT2D eigenvalue weighted by Crippen LogP contribution is -2.20. The Kier molecular flexibility index (Phi) is 4.11. The van der Waals surface area contributed by atoms with Gasteiger partial charge in [0.15, 0.2) is 0 Å². The number of nitrogens with one attached hydrogen (secondary N) is 1. The van der Waals surface area contributed by atoms with Gasteiger partial charge in [-0.15, -0.1) is 0 Å². The fourth-order valence-corrected chi connectivity index (χ4v) is 1.26. The van der Waals surface area contributed by atoms with Crippen LogP contribution >= 0.6 is 0 Å². The van der Waals surface area contributed by atoms with Crippen LogP contribution in [0.25, 0.3) is 0 Å². The molecule has 1 amide bonds. The van der Waals surface area contributed by atoms with Crippen molar-refractivity contribution >= 4 is 11.6 Å². The number of carbonyl (C=O) groups excluding carboxylic acids is 1. The van der Waals surface area contributed by atoms with Gasteiger partial charge in [0.25, 0.3) is 0 Å². The molecule has 0 spiro atoms. The maximum absolute atomic E-state index is 11.6. The minimum absolute atomic E-state index is 0.0770. The molecular formula is C11H16N2O. The summed E-state index contributed by atoms with van der Waals surface area (Å²) < 4.78 is 0. The van der Waals surface area contributed by atoms with Gasteiger partial charge in [0.05, 0.1) is 0 Å². The van der Waals surface area contributed by atoms with Gasteiger partial charge in [-0.2, -0.15) is 0 Å². The zero-order valence-electron chi connectivity index (χ0n) is 8.66. The molecule has 0 unspecified atom stereocenters. The van der Waals surface area contributed by atoms with Crippen LogP contribution in [0.1, 0.15) is 26.7 Å². The Balaban J connectivity index is 2.49. The quantitative estimate of drug-likeness (QED) is 0.796. The van der Waals surface area contributed by atoms with E-state index in [-0.39, 0.29) is 11.8 Å². The van der Waals surface area contributed by atoms with Crippen LogP contribution in [0.3, 0.4) is 0 Å². The molecule has 0 aliphatic carbocycles. The van der Waals surface area contributed by atoms with Gasteiger partial charge in [0, 0.05) is 24.0 Å². The van der Waals surface area contributed by atoms with Crippen molar-refractivity contribution in [2.24, 2.45) is 5.92 Å². The van der Waals surface area contributed by atoms with E-state index in [0.29, 0.717) is 0 Å². The zero-order valence-corrected chi connectivity index (χ0v) is 8.66. The van der Waals surface area contributed by atoms with Gasteiger partial charge < -0.3 is 5.32 Å². The van der Waals surface area contributed by atoms with E-state index < -0.39 is 0 Å². The van der Waals surface area contributed by atoms with Gasteiger partial charge in [-0.3, -0.25) is 9.78 Å². The Morgan fingerprint density at radius 2 is 2.14 bits per heavy atom. The smallest absolute Gasteiger partial charge is 0.227 e. The third-order valence-corrected chi connectivity index (χ3v) is 2.12. The molecule has 1 N–H and O–H groups in total. The largest absolute Gasteiger partial charge is 0.326 e. The molecule has 0 aromatic carbocycles. The molecule has 1 heterocycles. The van der Waals surface area contributed by atoms with E-state index in [1.165, 1.54) is 0 Å². The first-order valence-corrected chi connectivity index (χ1v) is 4.95. The topological polar surface area (TPSA) is 42.0 Å². The summed E-state index contributed by atoms with van der Waals surface area (Å²) in [5.41, 5.74) is 0.813. The summed E-state index contributed by atoms with van der Waals surface area (Å²) in [5.74, 6) is 0.159. The van der Waals surface area contributed by atoms with E-state index in [2.05, 4.69) is 17.2 Å². The van der Waals surface area contributed by atoms with Gasteiger partial charge in [0.2, 0.25) is 5.91 Å². The summed E-state index contributed by atoms with van der Waals surface area (Å²) in [6.45, 7) is 4.02. The molecule has 0 aliphatic rings. The van der Waals surface area contributed by atoms with Crippen LogP contribution in [-0.4, -0.2) is 10.9 Å². The Labute approximate surface area is 84.6 Å². The number of aromatic nitrogens is 1. The highest BCUT2D eigenvalue weighted by Crippen LogP contribution is 2.10. The van der Waals surface area contributed by atoms with Crippen molar-refractivity contribution in [1.29, 1.82) is 0 Å². The molecule has 3 heteroatoms. The monoisotopic (exact) mass is 192 g/mol. The van der Waals surface area contributed by atoms with Crippen LogP contribution < -0.4 is 5.32 Å². The summed E-state index contributed by atoms with van der Waals surface area (Å²) in [4.78, 5) is 15.5. The van der Waals surface area contributed by atoms with E-state index in [9.17, 15) is 4.79 Å². The van der Waals surface area contributed by atoms with E-state index in [1.54, 1.807) is 24.5 Å². The number of carbonyl (C=O) groups is 1. The van der Waals surface area contributed by atoms with Crippen molar-refractivity contribution in [2.45, 2.75) is 26.7 Å². The van der Waals surface area contributed by atoms with Crippen LogP contribution in [0, 0.1) is 5.92 Å². The predicted octanol–water partition coefficient (Wildman–Crippen LogP) is 2.46. The third kappa shape index (κ3) is 3.17. The molecule has 76 valence electrons. The third-order valence-electron chi connectivity index (χ3n) is 2.12. The molecule has 1 rings (SSSR count). The minimum atomic E-state index is 0.0770. The highest BCUT2D eigenvalue weighted by molar-refractivity contribution is 5.92. The summed E-state index contributed by atoms with van der Waals surface area (Å²) in [7, 11) is 0. The maximum Gasteiger partial charge on any atom is 0.227 e. The average molecular weight is 192 g/mol. The summed E-state index contributed by atoms with van der Waals surface area (Å²) in [6.07, 6.45) is 5.29. The molecule has 0 bridgehead atoms. The maximum atomic E-state index is 11.6. The number of hydrogen-bond acceptors (Lipinski definition) is 2. The molecule has 3 nitrogen and oxygen atoms in total. The fraction of sp³-hybridized carbons (Fsp3) is 0.455. The Hall–Kier alpha value is -1.38. The average Bonchev–Trinajstić information content (AvgIpc) is 2.19. The number of nitrogens with zero attached hydrogens (tertiary/aromatic N) is 1. The first-order chi connectivity index (χ1) is 6.74. The lowest BCUT2D eigenvalue weighted by molar-refractivity contribution is -0.119. The van der Waals surface area contributed by atoms with E-state index in [0.717, 1.165) is 18.5 Å². The minimum Gasteiger partial charge on any atom is -0.326 e. The van der Waals surface area contributed by atoms with E-state index in [4.69, 9.17) is 0 Å². The molecule has 1 aromatic rings. The van der Waals surface area contributed by atoms with Crippen molar-refractivity contribution in [3.05, 3.63) is 24.5 Å². The Morgan fingerprint density at radius 1 is 1.50 bits per heavy atom. The predicted molar refractivity (Wildman–Crippen MR) is 56.9 cm³/mol. The van der Waals surface area contributed by atoms with Gasteiger partial charge in [0.1, 0.15) is 0 Å². The molecule has 1 atom stereocenters. The number of pyridine rings is 1. The van der Waals surface area contributed by atoms with E-state index >= 15 is 0 Å². The first-order valence-electron chi connectivity index (χ1n) is 4.95. The van der Waals surface area contributed by atoms with Crippen LogP contribution in [0.4, 0.5) is 5.69 Å². The van der Waals surface area contributed by atoms with Crippen molar-refractivity contribution in [1.82, 2.24) is 4.98 Å². The summed E-state index contributed by atoms with van der Waals surface area (Å²) in [5, 5.41) is 2.85. The van der Waals surface area contributed by atoms with E-state index in [1.807, 2.05) is 6.92 Å². The van der Waals surface area contributed by atoms with Crippen molar-refractivity contribution in [3.63, 3.8) is 0 Å². The lowest BCUT2D eigenvalue weighted by Gasteiger charge is -2.10. The van der Waals surface area contributed by atoms with Crippen LogP contribution in [-0.2, 0) is 4.79 Å². The Morgan fingerprint density at radius 3 is 2.71 bits per heavy atom. The van der Waals surface area contributed by atoms with Gasteiger partial charge >= 0.3 is 0 Å². The second-order valence-corrected chi connectivity index (χ2v) is 3.41. The van der Waals surface area contributed by atoms with Crippen molar-refractivity contribution in [2.75, 3.05) is 5.32 Å². The molecule has 0 aliphatic heterocycles. The lowest BCUT2D eigenvalue weighted by atomic mass is 10.1. The molecular weight excluding hydrogens is 176 g/mol. The number of rotatable bonds is 4. The molecule has 14 heavy (non-hydrogen) atoms. The normalized spacial score (nSPS) is 12.1. The van der Waals surface area contributed by atoms with Crippen LogP contribution in [0.5, 0.6) is 0 Å². The van der Waals surface area contributed by atoms with Crippen molar-refractivity contribution in [3.8, 4) is 0 Å². The van der Waals surface area contributed by atoms with Gasteiger partial charge in [-0.05, 0) is 18.6 Å². The van der Waals surface area contributed by atoms with Gasteiger partial charge in [-0.1, -0.05) is 20.3 Å². The number of amides is 1. The first kappa shape index (κ1) is 10.7. The molecule has 0 radical (unpaired) electrons. The molecule has 0 saturated carbocycles. The Bertz CT molecular complexity index is 285. The highest BCUT2D eigenvalue weighted by atomic mass is 16.1. The second kappa shape index (κ2) is 5.37. The molecule has 0 fully saturated rings. The summed E-state index contributed by atoms with van der Waals surface area (Å²) >= 11 is 0. The number of anilines is 1. The standard InChI is InChI=1S/C11H16N2O/c1-3-4-9(2)11(14)13-10-5-7-12-8-6-10/h5-9H,3-4H2,1-2H3,(H,12,13,14)/t9-/m0/s1. The number of hydrogen-bond donors (Lipinski definition) is 1. The fourth-order valence-electron chi connectivity index (χ4n) is 1.26. The second-order valence-electron chi connectivity index (χ2n) is 3.41. The molecule has 1 aromatic heterocycles. The van der Waals surface area contributed by atoms with Crippen LogP contribution in [0.2, 0.25) is 0 Å². The van der Waals surface area contributed by atoms with Gasteiger partial charge in [-0.25, -0.2) is 0 Å². The molecule has 0 saturated heterocycles. The summed E-state index contributed by atoms with van der Waals surface area (Å²) in [6, 6.07) is 3.58. The van der Waals surface area contributed by atoms with Crippen LogP contribution in [0.15, 0.2) is 24.5 Å². The SMILES string of the molecule is CCC[C@H](C)C(=O)Nc1ccncc1. The highest BCUT2D eigenvalue weighted by Gasteiger charge is 2.11. The zero-order chi connectivity index (χ0) is 10.4.